The summed E-state index contributed by atoms with van der Waals surface area (Å²) in [6.07, 6.45) is 1.39. The first-order valence-electron chi connectivity index (χ1n) is 8.19. The summed E-state index contributed by atoms with van der Waals surface area (Å²) in [4.78, 5) is 23.8. The first kappa shape index (κ1) is 18.9. The number of benzene rings is 3. The lowest BCUT2D eigenvalue weighted by Gasteiger charge is -2.05. The maximum atomic E-state index is 13.6. The van der Waals surface area contributed by atoms with Crippen molar-refractivity contribution in [3.8, 4) is 5.75 Å². The number of ether oxygens (including phenoxy) is 1. The van der Waals surface area contributed by atoms with E-state index in [4.69, 9.17) is 4.74 Å². The molecule has 0 radical (unpaired) electrons. The van der Waals surface area contributed by atoms with Gasteiger partial charge in [-0.15, -0.1) is 0 Å². The third-order valence-corrected chi connectivity index (χ3v) is 3.67. The van der Waals surface area contributed by atoms with Crippen LogP contribution in [0.2, 0.25) is 0 Å². The van der Waals surface area contributed by atoms with Crippen molar-refractivity contribution in [2.45, 2.75) is 0 Å². The van der Waals surface area contributed by atoms with Gasteiger partial charge in [0.1, 0.15) is 17.4 Å². The monoisotopic (exact) mass is 380 g/mol. The second kappa shape index (κ2) is 8.68. The molecule has 0 aliphatic carbocycles. The van der Waals surface area contributed by atoms with Crippen LogP contribution in [0.15, 0.2) is 77.9 Å². The van der Waals surface area contributed by atoms with Gasteiger partial charge >= 0.3 is 5.97 Å². The third-order valence-electron chi connectivity index (χ3n) is 3.67. The Morgan fingerprint density at radius 2 is 1.57 bits per heavy atom. The Bertz CT molecular complexity index is 1020. The van der Waals surface area contributed by atoms with Crippen molar-refractivity contribution >= 4 is 18.1 Å². The summed E-state index contributed by atoms with van der Waals surface area (Å²) in [7, 11) is 0. The Kier molecular flexibility index (Phi) is 5.86. The summed E-state index contributed by atoms with van der Waals surface area (Å²) in [6.45, 7) is 0. The topological polar surface area (TPSA) is 67.8 Å². The molecule has 0 atom stereocenters. The van der Waals surface area contributed by atoms with E-state index in [1.165, 1.54) is 60.8 Å². The molecule has 0 unspecified atom stereocenters. The average molecular weight is 380 g/mol. The Labute approximate surface area is 159 Å². The largest absolute Gasteiger partial charge is 0.423 e. The lowest BCUT2D eigenvalue weighted by molar-refractivity contribution is 0.0729. The fourth-order valence-electron chi connectivity index (χ4n) is 2.24. The van der Waals surface area contributed by atoms with E-state index in [1.54, 1.807) is 18.2 Å². The Morgan fingerprint density at radius 3 is 2.25 bits per heavy atom. The zero-order chi connectivity index (χ0) is 19.9. The van der Waals surface area contributed by atoms with Crippen LogP contribution in [0.1, 0.15) is 26.3 Å². The van der Waals surface area contributed by atoms with Crippen molar-refractivity contribution in [1.29, 1.82) is 0 Å². The molecular weight excluding hydrogens is 366 g/mol. The predicted octanol–water partition coefficient (Wildman–Crippen LogP) is 3.95. The minimum absolute atomic E-state index is 0.156. The number of hydrazone groups is 1. The number of nitrogens with zero attached hydrogens (tertiary/aromatic N) is 1. The summed E-state index contributed by atoms with van der Waals surface area (Å²) in [6, 6.07) is 16.8. The van der Waals surface area contributed by atoms with Crippen LogP contribution < -0.4 is 10.2 Å². The van der Waals surface area contributed by atoms with Crippen LogP contribution >= 0.6 is 0 Å². The first-order valence-corrected chi connectivity index (χ1v) is 8.19. The fourth-order valence-corrected chi connectivity index (χ4v) is 2.24. The number of amides is 1. The number of nitrogens with one attached hydrogen (secondary N) is 1. The van der Waals surface area contributed by atoms with Crippen LogP contribution in [0.5, 0.6) is 5.75 Å². The molecule has 1 N–H and O–H groups in total. The van der Waals surface area contributed by atoms with Gasteiger partial charge in [-0.2, -0.15) is 5.10 Å². The molecule has 28 heavy (non-hydrogen) atoms. The second-order valence-electron chi connectivity index (χ2n) is 5.64. The zero-order valence-electron chi connectivity index (χ0n) is 14.4. The van der Waals surface area contributed by atoms with Gasteiger partial charge in [0.2, 0.25) is 0 Å². The lowest BCUT2D eigenvalue weighted by Crippen LogP contribution is -2.17. The van der Waals surface area contributed by atoms with E-state index in [2.05, 4.69) is 10.5 Å². The van der Waals surface area contributed by atoms with Gasteiger partial charge in [0, 0.05) is 5.56 Å². The molecule has 0 fully saturated rings. The van der Waals surface area contributed by atoms with Gasteiger partial charge in [-0.05, 0) is 66.2 Å². The van der Waals surface area contributed by atoms with E-state index in [0.29, 0.717) is 5.56 Å². The van der Waals surface area contributed by atoms with Gasteiger partial charge in [-0.25, -0.2) is 19.0 Å². The van der Waals surface area contributed by atoms with Gasteiger partial charge in [-0.1, -0.05) is 12.1 Å². The minimum atomic E-state index is -0.800. The highest BCUT2D eigenvalue weighted by atomic mass is 19.1. The SMILES string of the molecule is O=C(N/N=C\c1ccc(OC(=O)c2ccccc2F)cc1)c1ccc(F)cc1. The van der Waals surface area contributed by atoms with Crippen molar-refractivity contribution in [1.82, 2.24) is 5.43 Å². The normalized spacial score (nSPS) is 10.6. The Balaban J connectivity index is 1.57. The quantitative estimate of drug-likeness (QED) is 0.315. The molecule has 7 heteroatoms. The number of carbonyl (C=O) groups excluding carboxylic acids is 2. The van der Waals surface area contributed by atoms with Gasteiger partial charge in [-0.3, -0.25) is 4.79 Å². The van der Waals surface area contributed by atoms with E-state index in [9.17, 15) is 18.4 Å². The number of esters is 1. The molecule has 0 saturated carbocycles. The number of hydrogen-bond donors (Lipinski definition) is 1. The van der Waals surface area contributed by atoms with Crippen molar-refractivity contribution in [3.63, 3.8) is 0 Å². The van der Waals surface area contributed by atoms with E-state index >= 15 is 0 Å². The zero-order valence-corrected chi connectivity index (χ0v) is 14.4. The molecule has 3 rings (SSSR count). The van der Waals surface area contributed by atoms with Gasteiger partial charge in [0.05, 0.1) is 11.8 Å². The molecule has 0 saturated heterocycles. The molecule has 5 nitrogen and oxygen atoms in total. The van der Waals surface area contributed by atoms with Gasteiger partial charge in [0.15, 0.2) is 0 Å². The Morgan fingerprint density at radius 1 is 0.893 bits per heavy atom. The maximum Gasteiger partial charge on any atom is 0.346 e. The summed E-state index contributed by atoms with van der Waals surface area (Å²) in [5.41, 5.74) is 3.07. The van der Waals surface area contributed by atoms with Crippen molar-refractivity contribution in [2.75, 3.05) is 0 Å². The van der Waals surface area contributed by atoms with Gasteiger partial charge < -0.3 is 4.74 Å². The van der Waals surface area contributed by atoms with Crippen LogP contribution in [0.3, 0.4) is 0 Å². The molecule has 0 bridgehead atoms. The summed E-state index contributed by atoms with van der Waals surface area (Å²) >= 11 is 0. The van der Waals surface area contributed by atoms with Gasteiger partial charge in [0.25, 0.3) is 5.91 Å². The second-order valence-corrected chi connectivity index (χ2v) is 5.64. The number of halogens is 2. The molecule has 0 aromatic heterocycles. The van der Waals surface area contributed by atoms with Crippen LogP contribution in [0.4, 0.5) is 8.78 Å². The van der Waals surface area contributed by atoms with E-state index in [1.807, 2.05) is 0 Å². The minimum Gasteiger partial charge on any atom is -0.423 e. The summed E-state index contributed by atoms with van der Waals surface area (Å²) in [5.74, 6) is -2.14. The Hall–Kier alpha value is -3.87. The predicted molar refractivity (Wildman–Crippen MR) is 99.3 cm³/mol. The molecule has 3 aromatic rings. The molecule has 1 amide bonds. The lowest BCUT2D eigenvalue weighted by atomic mass is 10.2. The number of rotatable bonds is 5. The molecule has 3 aromatic carbocycles. The maximum absolute atomic E-state index is 13.6. The molecule has 140 valence electrons. The summed E-state index contributed by atoms with van der Waals surface area (Å²) in [5, 5.41) is 3.81. The van der Waals surface area contributed by atoms with Crippen LogP contribution in [-0.4, -0.2) is 18.1 Å². The highest BCUT2D eigenvalue weighted by molar-refractivity contribution is 5.95. The van der Waals surface area contributed by atoms with E-state index in [-0.39, 0.29) is 16.9 Å². The highest BCUT2D eigenvalue weighted by Crippen LogP contribution is 2.15. The van der Waals surface area contributed by atoms with Crippen molar-refractivity contribution in [2.24, 2.45) is 5.10 Å². The molecule has 0 aliphatic rings. The highest BCUT2D eigenvalue weighted by Gasteiger charge is 2.13. The van der Waals surface area contributed by atoms with E-state index < -0.39 is 23.5 Å². The molecular formula is C21H14F2N2O3. The molecule has 0 aliphatic heterocycles. The molecule has 0 heterocycles. The van der Waals surface area contributed by atoms with E-state index in [0.717, 1.165) is 0 Å². The first-order chi connectivity index (χ1) is 13.5. The average Bonchev–Trinajstić information content (AvgIpc) is 2.70. The van der Waals surface area contributed by atoms with Crippen LogP contribution in [-0.2, 0) is 0 Å². The summed E-state index contributed by atoms with van der Waals surface area (Å²) < 4.78 is 31.5. The molecule has 0 spiro atoms. The van der Waals surface area contributed by atoms with Crippen LogP contribution in [0, 0.1) is 11.6 Å². The van der Waals surface area contributed by atoms with Crippen molar-refractivity contribution < 1.29 is 23.1 Å². The third kappa shape index (κ3) is 4.85. The number of carbonyl (C=O) groups is 2. The van der Waals surface area contributed by atoms with Crippen LogP contribution in [0.25, 0.3) is 0 Å². The van der Waals surface area contributed by atoms with Crippen molar-refractivity contribution in [3.05, 3.63) is 101 Å². The fraction of sp³-hybridized carbons (Fsp3) is 0. The number of hydrogen-bond acceptors (Lipinski definition) is 4. The smallest absolute Gasteiger partial charge is 0.346 e. The standard InChI is InChI=1S/C21H14F2N2O3/c22-16-9-7-15(8-10-16)20(26)25-24-13-14-5-11-17(12-6-14)28-21(27)18-3-1-2-4-19(18)23/h1-13H,(H,25,26)/b24-13-.